The third-order valence-corrected chi connectivity index (χ3v) is 7.84. The summed E-state index contributed by atoms with van der Waals surface area (Å²) in [4.78, 5) is 47.8. The minimum atomic E-state index is -0.780. The van der Waals surface area contributed by atoms with E-state index in [2.05, 4.69) is 11.9 Å². The molecule has 0 bridgehead atoms. The van der Waals surface area contributed by atoms with Crippen molar-refractivity contribution >= 4 is 34.5 Å². The van der Waals surface area contributed by atoms with Gasteiger partial charge < -0.3 is 14.4 Å². The largest absolute Gasteiger partial charge is 0.497 e. The number of esters is 1. The molecule has 0 unspecified atom stereocenters. The molecule has 0 radical (unpaired) electrons. The molecule has 0 saturated heterocycles. The van der Waals surface area contributed by atoms with E-state index in [0.717, 1.165) is 24.1 Å². The zero-order valence-corrected chi connectivity index (χ0v) is 22.6. The first-order valence-electron chi connectivity index (χ1n) is 12.7. The maximum absolute atomic E-state index is 14.2. The number of ether oxygens (including phenoxy) is 2. The van der Waals surface area contributed by atoms with Crippen LogP contribution in [0.5, 0.6) is 5.75 Å². The fourth-order valence-corrected chi connectivity index (χ4v) is 6.14. The van der Waals surface area contributed by atoms with Gasteiger partial charge in [0.2, 0.25) is 0 Å². The number of rotatable bonds is 7. The topological polar surface area (TPSA) is 90.2 Å². The molecule has 3 heterocycles. The molecule has 1 amide bonds. The SMILES string of the molecule is CCCCN1C(=O)/C(=c2/sc3n(c2=O)[C@@H](c2cccc(OC)c2)C(C(=O)OCC)=C(C)N=3)c2ccccc21. The van der Waals surface area contributed by atoms with Crippen LogP contribution in [-0.4, -0.2) is 36.7 Å². The summed E-state index contributed by atoms with van der Waals surface area (Å²) in [6, 6.07) is 14.0. The van der Waals surface area contributed by atoms with E-state index in [4.69, 9.17) is 9.47 Å². The molecule has 5 rings (SSSR count). The van der Waals surface area contributed by atoms with Gasteiger partial charge in [0, 0.05) is 12.1 Å². The molecule has 0 fully saturated rings. The summed E-state index contributed by atoms with van der Waals surface area (Å²) in [6.07, 6.45) is 1.80. The molecule has 0 N–H and O–H groups in total. The molecule has 3 aromatic rings. The minimum Gasteiger partial charge on any atom is -0.497 e. The van der Waals surface area contributed by atoms with E-state index in [-0.39, 0.29) is 23.6 Å². The summed E-state index contributed by atoms with van der Waals surface area (Å²) in [5, 5.41) is 0. The summed E-state index contributed by atoms with van der Waals surface area (Å²) in [5.41, 5.74) is 2.98. The quantitative estimate of drug-likeness (QED) is 0.437. The number of hydrogen-bond acceptors (Lipinski definition) is 7. The van der Waals surface area contributed by atoms with Gasteiger partial charge >= 0.3 is 5.97 Å². The van der Waals surface area contributed by atoms with Gasteiger partial charge in [0.1, 0.15) is 10.3 Å². The van der Waals surface area contributed by atoms with Crippen molar-refractivity contribution < 1.29 is 19.1 Å². The van der Waals surface area contributed by atoms with Crippen molar-refractivity contribution in [1.29, 1.82) is 0 Å². The van der Waals surface area contributed by atoms with Gasteiger partial charge in [-0.3, -0.25) is 14.2 Å². The molecule has 0 aliphatic carbocycles. The van der Waals surface area contributed by atoms with Crippen molar-refractivity contribution in [2.45, 2.75) is 39.7 Å². The Morgan fingerprint density at radius 1 is 1.11 bits per heavy atom. The predicted octanol–water partition coefficient (Wildman–Crippen LogP) is 3.32. The monoisotopic (exact) mass is 531 g/mol. The molecule has 1 aromatic heterocycles. The van der Waals surface area contributed by atoms with Crippen LogP contribution in [0.25, 0.3) is 5.57 Å². The first kappa shape index (κ1) is 25.7. The number of fused-ring (bicyclic) bond motifs is 2. The molecule has 38 heavy (non-hydrogen) atoms. The first-order valence-corrected chi connectivity index (χ1v) is 13.5. The molecular formula is C29H29N3O5S. The maximum atomic E-state index is 14.2. The van der Waals surface area contributed by atoms with Gasteiger partial charge in [0.05, 0.1) is 42.3 Å². The highest BCUT2D eigenvalue weighted by atomic mass is 32.1. The Labute approximate surface area is 224 Å². The lowest BCUT2D eigenvalue weighted by atomic mass is 9.95. The van der Waals surface area contributed by atoms with Gasteiger partial charge in [-0.05, 0) is 44.0 Å². The number of thiazole rings is 1. The second kappa shape index (κ2) is 10.4. The smallest absolute Gasteiger partial charge is 0.338 e. The number of aromatic nitrogens is 1. The average Bonchev–Trinajstić information content (AvgIpc) is 3.38. The van der Waals surface area contributed by atoms with Crippen molar-refractivity contribution in [2.24, 2.45) is 4.99 Å². The predicted molar refractivity (Wildman–Crippen MR) is 146 cm³/mol. The summed E-state index contributed by atoms with van der Waals surface area (Å²) in [6.45, 7) is 6.31. The third-order valence-electron chi connectivity index (χ3n) is 6.79. The number of anilines is 1. The van der Waals surface area contributed by atoms with Crippen LogP contribution in [0, 0.1) is 0 Å². The van der Waals surface area contributed by atoms with Crippen LogP contribution in [0.1, 0.15) is 50.8 Å². The fourth-order valence-electron chi connectivity index (χ4n) is 5.01. The number of methoxy groups -OCH3 is 1. The molecule has 196 valence electrons. The molecular weight excluding hydrogens is 502 g/mol. The highest BCUT2D eigenvalue weighted by Crippen LogP contribution is 2.36. The molecule has 2 aromatic carbocycles. The Morgan fingerprint density at radius 2 is 1.89 bits per heavy atom. The van der Waals surface area contributed by atoms with Crippen molar-refractivity contribution in [2.75, 3.05) is 25.2 Å². The molecule has 0 saturated carbocycles. The summed E-state index contributed by atoms with van der Waals surface area (Å²) >= 11 is 1.17. The summed E-state index contributed by atoms with van der Waals surface area (Å²) in [5.74, 6) is -0.131. The van der Waals surface area contributed by atoms with E-state index >= 15 is 0 Å². The molecule has 1 atom stereocenters. The molecule has 9 heteroatoms. The Kier molecular flexibility index (Phi) is 7.03. The van der Waals surface area contributed by atoms with Crippen LogP contribution in [0.15, 0.2) is 69.6 Å². The number of unbranched alkanes of at least 4 members (excludes halogenated alkanes) is 1. The normalized spacial score (nSPS) is 17.7. The van der Waals surface area contributed by atoms with Crippen LogP contribution in [0.4, 0.5) is 5.69 Å². The Hall–Kier alpha value is -3.98. The van der Waals surface area contributed by atoms with Crippen molar-refractivity contribution in [3.8, 4) is 5.75 Å². The lowest BCUT2D eigenvalue weighted by molar-refractivity contribution is -0.139. The van der Waals surface area contributed by atoms with Gasteiger partial charge in [-0.1, -0.05) is 55.0 Å². The highest BCUT2D eigenvalue weighted by molar-refractivity contribution is 7.07. The van der Waals surface area contributed by atoms with Crippen molar-refractivity contribution in [3.05, 3.63) is 90.6 Å². The lowest BCUT2D eigenvalue weighted by Crippen LogP contribution is -2.41. The summed E-state index contributed by atoms with van der Waals surface area (Å²) in [7, 11) is 1.56. The minimum absolute atomic E-state index is 0.188. The van der Waals surface area contributed by atoms with E-state index < -0.39 is 12.0 Å². The van der Waals surface area contributed by atoms with E-state index in [0.29, 0.717) is 38.5 Å². The van der Waals surface area contributed by atoms with E-state index in [1.54, 1.807) is 38.0 Å². The number of carbonyl (C=O) groups excluding carboxylic acids is 2. The second-order valence-electron chi connectivity index (χ2n) is 9.10. The Balaban J connectivity index is 1.79. The Morgan fingerprint density at radius 3 is 2.63 bits per heavy atom. The van der Waals surface area contributed by atoms with Gasteiger partial charge in [-0.15, -0.1) is 0 Å². The van der Waals surface area contributed by atoms with E-state index in [1.807, 2.05) is 36.4 Å². The maximum Gasteiger partial charge on any atom is 0.338 e. The zero-order valence-electron chi connectivity index (χ0n) is 21.8. The van der Waals surface area contributed by atoms with Crippen LogP contribution in [0.2, 0.25) is 0 Å². The number of nitrogens with zero attached hydrogens (tertiary/aromatic N) is 3. The number of carbonyl (C=O) groups is 2. The number of para-hydroxylation sites is 1. The number of benzene rings is 2. The molecule has 2 aliphatic heterocycles. The van der Waals surface area contributed by atoms with Gasteiger partial charge in [0.15, 0.2) is 4.80 Å². The number of allylic oxidation sites excluding steroid dienone is 1. The van der Waals surface area contributed by atoms with Gasteiger partial charge in [-0.25, -0.2) is 9.79 Å². The first-order chi connectivity index (χ1) is 18.4. The number of hydrogen-bond donors (Lipinski definition) is 0. The van der Waals surface area contributed by atoms with E-state index in [1.165, 1.54) is 15.9 Å². The molecule has 8 nitrogen and oxygen atoms in total. The van der Waals surface area contributed by atoms with Crippen LogP contribution in [-0.2, 0) is 14.3 Å². The van der Waals surface area contributed by atoms with Crippen LogP contribution >= 0.6 is 11.3 Å². The second-order valence-corrected chi connectivity index (χ2v) is 10.1. The fraction of sp³-hybridized carbons (Fsp3) is 0.310. The van der Waals surface area contributed by atoms with Gasteiger partial charge in [0.25, 0.3) is 11.5 Å². The van der Waals surface area contributed by atoms with Crippen molar-refractivity contribution in [1.82, 2.24) is 4.57 Å². The summed E-state index contributed by atoms with van der Waals surface area (Å²) < 4.78 is 12.6. The zero-order chi connectivity index (χ0) is 27.0. The van der Waals surface area contributed by atoms with E-state index in [9.17, 15) is 14.4 Å². The van der Waals surface area contributed by atoms with Crippen LogP contribution < -0.4 is 24.5 Å². The third kappa shape index (κ3) is 4.16. The van der Waals surface area contributed by atoms with Crippen molar-refractivity contribution in [3.63, 3.8) is 0 Å². The highest BCUT2D eigenvalue weighted by Gasteiger charge is 2.37. The van der Waals surface area contributed by atoms with Crippen LogP contribution in [0.3, 0.4) is 0 Å². The lowest BCUT2D eigenvalue weighted by Gasteiger charge is -2.25. The Bertz CT molecular complexity index is 1650. The molecule has 2 aliphatic rings. The standard InChI is InChI=1S/C29H29N3O5S/c1-5-7-15-31-21-14-9-8-13-20(21)23(26(31)33)25-27(34)32-24(18-11-10-12-19(16-18)36-4)22(28(35)37-6-2)17(3)30-29(32)38-25/h8-14,16,24H,5-7,15H2,1-4H3/b25-23+/t24-/m0/s1. The molecule has 0 spiro atoms. The van der Waals surface area contributed by atoms with Gasteiger partial charge in [-0.2, -0.15) is 0 Å². The number of amides is 1. The average molecular weight is 532 g/mol.